The summed E-state index contributed by atoms with van der Waals surface area (Å²) in [7, 11) is -4.13. The maximum absolute atomic E-state index is 12.5. The van der Waals surface area contributed by atoms with Crippen molar-refractivity contribution >= 4 is 37.3 Å². The summed E-state index contributed by atoms with van der Waals surface area (Å²) in [5, 5.41) is 20.3. The second-order valence-corrected chi connectivity index (χ2v) is 7.53. The predicted molar refractivity (Wildman–Crippen MR) is 90.7 cm³/mol. The van der Waals surface area contributed by atoms with Gasteiger partial charge >= 0.3 is 5.69 Å². The van der Waals surface area contributed by atoms with Crippen LogP contribution < -0.4 is 14.2 Å². The summed E-state index contributed by atoms with van der Waals surface area (Å²) in [6.07, 6.45) is 0. The van der Waals surface area contributed by atoms with Gasteiger partial charge in [-0.05, 0) is 28.1 Å². The van der Waals surface area contributed by atoms with Crippen LogP contribution in [0.15, 0.2) is 39.7 Å². The minimum atomic E-state index is -4.13. The van der Waals surface area contributed by atoms with Crippen LogP contribution in [-0.2, 0) is 10.0 Å². The second-order valence-electron chi connectivity index (χ2n) is 4.99. The highest BCUT2D eigenvalue weighted by Gasteiger charge is 2.23. The molecule has 0 fully saturated rings. The number of fused-ring (bicyclic) bond motifs is 1. The van der Waals surface area contributed by atoms with Crippen molar-refractivity contribution in [1.29, 1.82) is 0 Å². The van der Waals surface area contributed by atoms with Crippen LogP contribution in [0.25, 0.3) is 0 Å². The van der Waals surface area contributed by atoms with Crippen molar-refractivity contribution in [2.75, 3.05) is 17.9 Å². The van der Waals surface area contributed by atoms with Crippen LogP contribution in [0, 0.1) is 10.1 Å². The molecule has 1 heterocycles. The van der Waals surface area contributed by atoms with Crippen LogP contribution in [0.4, 0.5) is 11.4 Å². The number of ether oxygens (including phenoxy) is 2. The fourth-order valence-electron chi connectivity index (χ4n) is 2.16. The first-order valence-electron chi connectivity index (χ1n) is 6.87. The minimum absolute atomic E-state index is 0.181. The smallest absolute Gasteiger partial charge is 0.312 e. The maximum Gasteiger partial charge on any atom is 0.312 e. The lowest BCUT2D eigenvalue weighted by atomic mass is 10.2. The normalized spacial score (nSPS) is 13.3. The van der Waals surface area contributed by atoms with Crippen molar-refractivity contribution in [1.82, 2.24) is 0 Å². The lowest BCUT2D eigenvalue weighted by Crippen LogP contribution is -2.17. The van der Waals surface area contributed by atoms with Crippen LogP contribution in [0.3, 0.4) is 0 Å². The molecule has 0 saturated carbocycles. The Morgan fingerprint density at radius 3 is 2.44 bits per heavy atom. The van der Waals surface area contributed by atoms with Crippen LogP contribution >= 0.6 is 15.9 Å². The first-order chi connectivity index (χ1) is 11.8. The zero-order valence-electron chi connectivity index (χ0n) is 12.4. The average Bonchev–Trinajstić information content (AvgIpc) is 2.55. The van der Waals surface area contributed by atoms with Gasteiger partial charge in [0.2, 0.25) is 0 Å². The van der Waals surface area contributed by atoms with Gasteiger partial charge in [0.05, 0.1) is 15.5 Å². The van der Waals surface area contributed by atoms with E-state index in [1.807, 2.05) is 0 Å². The molecule has 132 valence electrons. The van der Waals surface area contributed by atoms with Crippen molar-refractivity contribution in [3.8, 4) is 17.2 Å². The lowest BCUT2D eigenvalue weighted by molar-refractivity contribution is -0.386. The number of phenols is 1. The van der Waals surface area contributed by atoms with E-state index >= 15 is 0 Å². The molecule has 0 spiro atoms. The third kappa shape index (κ3) is 3.46. The number of aromatic hydroxyl groups is 1. The van der Waals surface area contributed by atoms with E-state index in [4.69, 9.17) is 9.47 Å². The van der Waals surface area contributed by atoms with Crippen LogP contribution in [-0.4, -0.2) is 31.7 Å². The predicted octanol–water partition coefficient (Wildman–Crippen LogP) is 2.63. The van der Waals surface area contributed by atoms with Crippen molar-refractivity contribution in [2.45, 2.75) is 4.90 Å². The van der Waals surface area contributed by atoms with Crippen LogP contribution in [0.1, 0.15) is 0 Å². The molecule has 2 aromatic rings. The summed E-state index contributed by atoms with van der Waals surface area (Å²) >= 11 is 3.24. The molecule has 1 aliphatic rings. The summed E-state index contributed by atoms with van der Waals surface area (Å²) in [4.78, 5) is 9.64. The fourth-order valence-corrected chi connectivity index (χ4v) is 3.81. The van der Waals surface area contributed by atoms with Crippen LogP contribution in [0.5, 0.6) is 17.2 Å². The van der Waals surface area contributed by atoms with Gasteiger partial charge in [0.25, 0.3) is 10.0 Å². The van der Waals surface area contributed by atoms with Gasteiger partial charge < -0.3 is 14.6 Å². The number of halogens is 1. The Kier molecular flexibility index (Phi) is 4.43. The molecule has 0 amide bonds. The Labute approximate surface area is 150 Å². The van der Waals surface area contributed by atoms with Crippen molar-refractivity contribution < 1.29 is 27.9 Å². The van der Waals surface area contributed by atoms with E-state index in [1.54, 1.807) is 6.07 Å². The lowest BCUT2D eigenvalue weighted by Gasteiger charge is -2.20. The standard InChI is InChI=1S/C14H11BrN2O7S/c15-9-6-13-14(24-4-3-23-13)7-10(9)16-25(21,22)8-1-2-12(18)11(5-8)17(19)20/h1-2,5-7,16,18H,3-4H2. The quantitative estimate of drug-likeness (QED) is 0.563. The number of rotatable bonds is 4. The Morgan fingerprint density at radius 1 is 1.16 bits per heavy atom. The Bertz CT molecular complexity index is 962. The van der Waals surface area contributed by atoms with Gasteiger partial charge in [-0.1, -0.05) is 0 Å². The molecule has 0 unspecified atom stereocenters. The molecule has 0 atom stereocenters. The largest absolute Gasteiger partial charge is 0.502 e. The highest BCUT2D eigenvalue weighted by molar-refractivity contribution is 9.10. The van der Waals surface area contributed by atoms with E-state index in [0.717, 1.165) is 18.2 Å². The van der Waals surface area contributed by atoms with Crippen molar-refractivity contribution in [2.24, 2.45) is 0 Å². The molecule has 0 radical (unpaired) electrons. The first kappa shape index (κ1) is 17.3. The van der Waals surface area contributed by atoms with Gasteiger partial charge in [0.15, 0.2) is 17.2 Å². The molecule has 9 nitrogen and oxygen atoms in total. The van der Waals surface area contributed by atoms with Gasteiger partial charge in [-0.15, -0.1) is 0 Å². The summed E-state index contributed by atoms with van der Waals surface area (Å²) in [6, 6.07) is 5.81. The van der Waals surface area contributed by atoms with Gasteiger partial charge in [0.1, 0.15) is 13.2 Å². The van der Waals surface area contributed by atoms with Crippen molar-refractivity contribution in [3.05, 3.63) is 44.9 Å². The molecule has 1 aliphatic heterocycles. The van der Waals surface area contributed by atoms with Gasteiger partial charge in [0, 0.05) is 22.7 Å². The summed E-state index contributed by atoms with van der Waals surface area (Å²) in [5.74, 6) is 0.231. The van der Waals surface area contributed by atoms with E-state index in [9.17, 15) is 23.6 Å². The molecule has 0 saturated heterocycles. The number of phenolic OH excluding ortho intramolecular Hbond substituents is 1. The topological polar surface area (TPSA) is 128 Å². The molecule has 0 bridgehead atoms. The summed E-state index contributed by atoms with van der Waals surface area (Å²) in [6.45, 7) is 0.729. The van der Waals surface area contributed by atoms with Gasteiger partial charge in [-0.3, -0.25) is 14.8 Å². The molecular weight excluding hydrogens is 420 g/mol. The first-order valence-corrected chi connectivity index (χ1v) is 9.15. The maximum atomic E-state index is 12.5. The second kappa shape index (κ2) is 6.41. The number of benzene rings is 2. The molecular formula is C14H11BrN2O7S. The number of nitro benzene ring substituents is 1. The molecule has 11 heteroatoms. The zero-order chi connectivity index (χ0) is 18.2. The summed E-state index contributed by atoms with van der Waals surface area (Å²) < 4.78 is 38.5. The van der Waals surface area contributed by atoms with E-state index in [2.05, 4.69) is 20.7 Å². The molecule has 2 N–H and O–H groups in total. The summed E-state index contributed by atoms with van der Waals surface area (Å²) in [5.41, 5.74) is -0.524. The number of nitrogens with zero attached hydrogens (tertiary/aromatic N) is 1. The molecule has 2 aromatic carbocycles. The minimum Gasteiger partial charge on any atom is -0.502 e. The third-order valence-electron chi connectivity index (χ3n) is 3.33. The Morgan fingerprint density at radius 2 is 1.80 bits per heavy atom. The van der Waals surface area contributed by atoms with E-state index in [0.29, 0.717) is 29.2 Å². The Balaban J connectivity index is 1.97. The van der Waals surface area contributed by atoms with Crippen molar-refractivity contribution in [3.63, 3.8) is 0 Å². The number of hydrogen-bond donors (Lipinski definition) is 2. The molecule has 25 heavy (non-hydrogen) atoms. The number of nitrogens with one attached hydrogen (secondary N) is 1. The monoisotopic (exact) mass is 430 g/mol. The van der Waals surface area contributed by atoms with Gasteiger partial charge in [-0.25, -0.2) is 8.42 Å². The van der Waals surface area contributed by atoms with E-state index < -0.39 is 26.4 Å². The number of anilines is 1. The van der Waals surface area contributed by atoms with Gasteiger partial charge in [-0.2, -0.15) is 0 Å². The van der Waals surface area contributed by atoms with Crippen LogP contribution in [0.2, 0.25) is 0 Å². The highest BCUT2D eigenvalue weighted by Crippen LogP contribution is 2.39. The number of nitro groups is 1. The number of sulfonamides is 1. The number of hydrogen-bond acceptors (Lipinski definition) is 7. The SMILES string of the molecule is O=[N+]([O-])c1cc(S(=O)(=O)Nc2cc3c(cc2Br)OCCO3)ccc1O. The average molecular weight is 431 g/mol. The molecule has 0 aliphatic carbocycles. The highest BCUT2D eigenvalue weighted by atomic mass is 79.9. The third-order valence-corrected chi connectivity index (χ3v) is 5.35. The fraction of sp³-hybridized carbons (Fsp3) is 0.143. The Hall–Kier alpha value is -2.53. The zero-order valence-corrected chi connectivity index (χ0v) is 14.8. The van der Waals surface area contributed by atoms with E-state index in [-0.39, 0.29) is 10.6 Å². The molecule has 3 rings (SSSR count). The molecule has 0 aromatic heterocycles. The van der Waals surface area contributed by atoms with E-state index in [1.165, 1.54) is 6.07 Å².